The van der Waals surface area contributed by atoms with Gasteiger partial charge in [-0.2, -0.15) is 0 Å². The normalized spacial score (nSPS) is 42.9. The smallest absolute Gasteiger partial charge is 0.320 e. The number of methoxy groups -OCH3 is 1. The second-order valence-electron chi connectivity index (χ2n) is 5.66. The fourth-order valence-electron chi connectivity index (χ4n) is 2.83. The van der Waals surface area contributed by atoms with Crippen LogP contribution in [0.2, 0.25) is 0 Å². The number of carbonyl (C=O) groups excluding carboxylic acids is 1. The Morgan fingerprint density at radius 1 is 1.12 bits per heavy atom. The molecule has 0 amide bonds. The van der Waals surface area contributed by atoms with Crippen molar-refractivity contribution >= 4 is 5.97 Å². The second-order valence-corrected chi connectivity index (χ2v) is 5.66. The van der Waals surface area contributed by atoms with Gasteiger partial charge in [0.25, 0.3) is 5.97 Å². The molecule has 3 saturated heterocycles. The van der Waals surface area contributed by atoms with Gasteiger partial charge in [-0.25, -0.2) is 0 Å². The summed E-state index contributed by atoms with van der Waals surface area (Å²) in [5.74, 6) is -1.48. The first kappa shape index (κ1) is 11.4. The molecular formula is C12H18O5. The number of hydrogen-bond acceptors (Lipinski definition) is 5. The maximum absolute atomic E-state index is 12.0. The van der Waals surface area contributed by atoms with Crippen LogP contribution in [0.4, 0.5) is 0 Å². The molecule has 2 bridgehead atoms. The highest BCUT2D eigenvalue weighted by molar-refractivity contribution is 5.79. The third kappa shape index (κ3) is 1.33. The lowest BCUT2D eigenvalue weighted by Gasteiger charge is -2.59. The molecule has 5 heteroatoms. The molecule has 0 N–H and O–H groups in total. The minimum absolute atomic E-state index is 0.0805. The predicted octanol–water partition coefficient (Wildman–Crippen LogP) is 1.07. The van der Waals surface area contributed by atoms with E-state index in [2.05, 4.69) is 6.92 Å². The van der Waals surface area contributed by atoms with Crippen LogP contribution in [-0.2, 0) is 23.7 Å². The highest BCUT2D eigenvalue weighted by atomic mass is 16.9. The molecule has 0 aromatic carbocycles. The van der Waals surface area contributed by atoms with E-state index >= 15 is 0 Å². The first-order valence-electron chi connectivity index (χ1n) is 6.06. The van der Waals surface area contributed by atoms with Crippen LogP contribution in [0.25, 0.3) is 0 Å². The van der Waals surface area contributed by atoms with Gasteiger partial charge in [0.15, 0.2) is 0 Å². The van der Waals surface area contributed by atoms with Crippen molar-refractivity contribution in [1.29, 1.82) is 0 Å². The highest BCUT2D eigenvalue weighted by Crippen LogP contribution is 2.57. The molecule has 4 rings (SSSR count). The summed E-state index contributed by atoms with van der Waals surface area (Å²) in [6.45, 7) is 3.78. The molecule has 0 spiro atoms. The number of fused-ring (bicyclic) bond motifs is 3. The summed E-state index contributed by atoms with van der Waals surface area (Å²) >= 11 is 0. The average molecular weight is 242 g/mol. The fourth-order valence-corrected chi connectivity index (χ4v) is 2.83. The second kappa shape index (κ2) is 3.43. The lowest BCUT2D eigenvalue weighted by molar-refractivity contribution is -0.504. The number of ether oxygens (including phenoxy) is 4. The summed E-state index contributed by atoms with van der Waals surface area (Å²) in [6, 6.07) is 0. The Morgan fingerprint density at radius 2 is 1.65 bits per heavy atom. The summed E-state index contributed by atoms with van der Waals surface area (Å²) < 4.78 is 22.2. The van der Waals surface area contributed by atoms with Crippen molar-refractivity contribution in [3.8, 4) is 0 Å². The third-order valence-corrected chi connectivity index (χ3v) is 4.20. The van der Waals surface area contributed by atoms with E-state index in [4.69, 9.17) is 18.9 Å². The van der Waals surface area contributed by atoms with Crippen molar-refractivity contribution in [2.75, 3.05) is 26.9 Å². The van der Waals surface area contributed by atoms with Crippen molar-refractivity contribution in [3.05, 3.63) is 0 Å². The lowest BCUT2D eigenvalue weighted by Crippen LogP contribution is -2.70. The number of esters is 1. The zero-order valence-corrected chi connectivity index (χ0v) is 10.3. The Bertz CT molecular complexity index is 322. The molecule has 3 aliphatic heterocycles. The molecule has 4 aliphatic rings. The average Bonchev–Trinajstić information content (AvgIpc) is 2.29. The van der Waals surface area contributed by atoms with Crippen LogP contribution in [0, 0.1) is 10.8 Å². The van der Waals surface area contributed by atoms with Gasteiger partial charge in [0.05, 0.1) is 26.9 Å². The molecule has 1 aliphatic carbocycles. The Balaban J connectivity index is 1.90. The van der Waals surface area contributed by atoms with E-state index in [1.807, 2.05) is 0 Å². The van der Waals surface area contributed by atoms with Crippen molar-refractivity contribution in [3.63, 3.8) is 0 Å². The lowest BCUT2D eigenvalue weighted by atomic mass is 9.65. The third-order valence-electron chi connectivity index (χ3n) is 4.20. The summed E-state index contributed by atoms with van der Waals surface area (Å²) in [7, 11) is 1.40. The van der Waals surface area contributed by atoms with E-state index in [1.54, 1.807) is 0 Å². The molecule has 0 atom stereocenters. The van der Waals surface area contributed by atoms with Gasteiger partial charge in [-0.15, -0.1) is 0 Å². The summed E-state index contributed by atoms with van der Waals surface area (Å²) in [5, 5.41) is 0. The van der Waals surface area contributed by atoms with Gasteiger partial charge in [0.1, 0.15) is 5.41 Å². The first-order chi connectivity index (χ1) is 8.06. The fraction of sp³-hybridized carbons (Fsp3) is 0.917. The molecule has 0 unspecified atom stereocenters. The van der Waals surface area contributed by atoms with Crippen LogP contribution in [0.15, 0.2) is 0 Å². The standard InChI is InChI=1S/C12H18O5/c1-10-6-15-12(16-7-10,17-8-10)11(4-3-5-11)9(13)14-2/h3-8H2,1-2H3. The maximum Gasteiger partial charge on any atom is 0.320 e. The van der Waals surface area contributed by atoms with E-state index in [0.717, 1.165) is 6.42 Å². The molecule has 0 aromatic heterocycles. The molecular weight excluding hydrogens is 224 g/mol. The minimum Gasteiger partial charge on any atom is -0.468 e. The van der Waals surface area contributed by atoms with E-state index < -0.39 is 11.4 Å². The molecule has 4 fully saturated rings. The zero-order chi connectivity index (χ0) is 12.1. The summed E-state index contributed by atoms with van der Waals surface area (Å²) in [5.41, 5.74) is -0.841. The van der Waals surface area contributed by atoms with E-state index in [9.17, 15) is 4.79 Å². The van der Waals surface area contributed by atoms with Crippen molar-refractivity contribution < 1.29 is 23.7 Å². The van der Waals surface area contributed by atoms with Crippen LogP contribution < -0.4 is 0 Å². The maximum atomic E-state index is 12.0. The molecule has 96 valence electrons. The Morgan fingerprint density at radius 3 is 2.00 bits per heavy atom. The van der Waals surface area contributed by atoms with Crippen molar-refractivity contribution in [2.24, 2.45) is 10.8 Å². The highest BCUT2D eigenvalue weighted by Gasteiger charge is 2.69. The molecule has 0 aromatic rings. The van der Waals surface area contributed by atoms with Gasteiger partial charge >= 0.3 is 5.97 Å². The van der Waals surface area contributed by atoms with Gasteiger partial charge in [0, 0.05) is 5.41 Å². The topological polar surface area (TPSA) is 54.0 Å². The first-order valence-corrected chi connectivity index (χ1v) is 6.06. The van der Waals surface area contributed by atoms with Crippen LogP contribution >= 0.6 is 0 Å². The Kier molecular flexibility index (Phi) is 2.31. The Hall–Kier alpha value is -0.650. The van der Waals surface area contributed by atoms with Gasteiger partial charge in [0.2, 0.25) is 0 Å². The van der Waals surface area contributed by atoms with Gasteiger partial charge in [-0.3, -0.25) is 4.79 Å². The largest absolute Gasteiger partial charge is 0.468 e. The predicted molar refractivity (Wildman–Crippen MR) is 57.0 cm³/mol. The minimum atomic E-state index is -1.20. The van der Waals surface area contributed by atoms with Crippen molar-refractivity contribution in [1.82, 2.24) is 0 Å². The molecule has 3 heterocycles. The molecule has 1 saturated carbocycles. The van der Waals surface area contributed by atoms with Crippen LogP contribution in [0.1, 0.15) is 26.2 Å². The molecule has 17 heavy (non-hydrogen) atoms. The van der Waals surface area contributed by atoms with Gasteiger partial charge in [-0.1, -0.05) is 13.3 Å². The number of carbonyl (C=O) groups is 1. The molecule has 5 nitrogen and oxygen atoms in total. The molecule has 0 radical (unpaired) electrons. The van der Waals surface area contributed by atoms with E-state index in [0.29, 0.717) is 32.7 Å². The SMILES string of the molecule is COC(=O)C1(C23OCC(C)(CO2)CO3)CCC1. The number of rotatable bonds is 2. The van der Waals surface area contributed by atoms with Gasteiger partial charge < -0.3 is 18.9 Å². The van der Waals surface area contributed by atoms with Crippen LogP contribution in [0.3, 0.4) is 0 Å². The Labute approximate surface area is 100 Å². The van der Waals surface area contributed by atoms with E-state index in [-0.39, 0.29) is 11.4 Å². The summed E-state index contributed by atoms with van der Waals surface area (Å²) in [4.78, 5) is 12.0. The van der Waals surface area contributed by atoms with E-state index in [1.165, 1.54) is 7.11 Å². The van der Waals surface area contributed by atoms with Crippen LogP contribution in [-0.4, -0.2) is 38.9 Å². The van der Waals surface area contributed by atoms with Gasteiger partial charge in [-0.05, 0) is 12.8 Å². The van der Waals surface area contributed by atoms with Crippen LogP contribution in [0.5, 0.6) is 0 Å². The summed E-state index contributed by atoms with van der Waals surface area (Å²) in [6.07, 6.45) is 2.39. The number of hydrogen-bond donors (Lipinski definition) is 0. The monoisotopic (exact) mass is 242 g/mol. The zero-order valence-electron chi connectivity index (χ0n) is 10.3. The van der Waals surface area contributed by atoms with Crippen molar-refractivity contribution in [2.45, 2.75) is 32.2 Å². The quantitative estimate of drug-likeness (QED) is 0.678.